The number of hydrogen-bond acceptors (Lipinski definition) is 13. The Morgan fingerprint density at radius 1 is 0.690 bits per heavy atom. The lowest BCUT2D eigenvalue weighted by atomic mass is 10.0. The van der Waals surface area contributed by atoms with Crippen LogP contribution in [0.2, 0.25) is 0 Å². The number of amides is 6. The summed E-state index contributed by atoms with van der Waals surface area (Å²) < 4.78 is 44.5. The van der Waals surface area contributed by atoms with Crippen molar-refractivity contribution in [2.75, 3.05) is 58.1 Å². The number of carbonyl (C=O) groups excluding carboxylic acids is 4. The molecule has 58 heavy (non-hydrogen) atoms. The van der Waals surface area contributed by atoms with E-state index >= 15 is 0 Å². The maximum Gasteiger partial charge on any atom is 0.472 e. The molecule has 4 heterocycles. The lowest BCUT2D eigenvalue weighted by Crippen LogP contribution is -2.36. The zero-order valence-electron chi connectivity index (χ0n) is 33.3. The van der Waals surface area contributed by atoms with Gasteiger partial charge in [0.25, 0.3) is 0 Å². The number of thioether (sulfide) groups is 2. The summed E-state index contributed by atoms with van der Waals surface area (Å²) in [5, 5.41) is 28.2. The Kier molecular flexibility index (Phi) is 21.4. The first kappa shape index (κ1) is 49.0. The fourth-order valence-electron chi connectivity index (χ4n) is 7.43. The highest BCUT2D eigenvalue weighted by atomic mass is 32.2. The maximum absolute atomic E-state index is 12.7. The Labute approximate surface area is 349 Å². The number of carbonyl (C=O) groups is 4. The van der Waals surface area contributed by atoms with Crippen molar-refractivity contribution in [3.63, 3.8) is 0 Å². The molecule has 0 aromatic rings. The summed E-state index contributed by atoms with van der Waals surface area (Å²) in [7, 11) is -7.83. The molecule has 334 valence electrons. The van der Waals surface area contributed by atoms with Crippen LogP contribution in [0.5, 0.6) is 0 Å². The smallest absolute Gasteiger partial charge is 0.396 e. The molecule has 9 N–H and O–H groups in total. The summed E-state index contributed by atoms with van der Waals surface area (Å²) in [5.41, 5.74) is 0. The molecule has 0 aliphatic carbocycles. The van der Waals surface area contributed by atoms with Crippen LogP contribution in [-0.4, -0.2) is 132 Å². The van der Waals surface area contributed by atoms with Crippen molar-refractivity contribution in [3.05, 3.63) is 0 Å². The number of aliphatic hydroxyl groups is 1. The largest absolute Gasteiger partial charge is 0.472 e. The Morgan fingerprint density at radius 3 is 1.60 bits per heavy atom. The number of urea groups is 2. The van der Waals surface area contributed by atoms with Gasteiger partial charge in [0.1, 0.15) is 0 Å². The number of rotatable bonds is 31. The number of unbranched alkanes of at least 4 members (excludes halogenated alkanes) is 4. The van der Waals surface area contributed by atoms with Gasteiger partial charge < -0.3 is 46.8 Å². The second kappa shape index (κ2) is 25.3. The average molecular weight is 903 g/mol. The standard InChI is InChI=1S/C35H64N6O13P2S2/c1-51-55(47,48)52-20-25(11-7-9-17-37-31(44)15-5-3-13-29-33-27(23-58-29)39-35(46)41-33)21-54-56(49,50)53-19-24(18-42)10-6-8-16-36-30(43)14-4-2-12-28-32-26(22-57-28)38-34(45)40-32/h24-29,32-33,42H,2-23H2,1H3,(H,36,43)(H,37,44)(H,47,48)(H,49,50)(H2,38,40,45)(H2,39,41,46). The first-order valence-corrected chi connectivity index (χ1v) is 25.5. The van der Waals surface area contributed by atoms with Gasteiger partial charge in [0.15, 0.2) is 0 Å². The fourth-order valence-corrected chi connectivity index (χ4v) is 11.9. The molecule has 4 aliphatic rings. The average Bonchev–Trinajstić information content (AvgIpc) is 3.95. The van der Waals surface area contributed by atoms with Crippen molar-refractivity contribution in [2.45, 2.75) is 125 Å². The van der Waals surface area contributed by atoms with Crippen LogP contribution < -0.4 is 31.9 Å². The van der Waals surface area contributed by atoms with Crippen LogP contribution in [0.4, 0.5) is 9.59 Å². The zero-order valence-corrected chi connectivity index (χ0v) is 36.7. The molecule has 23 heteroatoms. The van der Waals surface area contributed by atoms with Gasteiger partial charge >= 0.3 is 27.7 Å². The van der Waals surface area contributed by atoms with E-state index in [0.29, 0.717) is 75.0 Å². The van der Waals surface area contributed by atoms with E-state index in [1.807, 2.05) is 23.5 Å². The Morgan fingerprint density at radius 2 is 1.14 bits per heavy atom. The molecule has 4 saturated heterocycles. The summed E-state index contributed by atoms with van der Waals surface area (Å²) in [4.78, 5) is 67.8. The van der Waals surface area contributed by atoms with Gasteiger partial charge in [-0.05, 0) is 51.4 Å². The van der Waals surface area contributed by atoms with Gasteiger partial charge in [-0.25, -0.2) is 18.7 Å². The van der Waals surface area contributed by atoms with E-state index in [1.165, 1.54) is 0 Å². The third-order valence-electron chi connectivity index (χ3n) is 10.8. The van der Waals surface area contributed by atoms with Crippen LogP contribution in [0.1, 0.15) is 89.9 Å². The Bertz CT molecular complexity index is 1430. The van der Waals surface area contributed by atoms with E-state index in [9.17, 15) is 43.2 Å². The molecular weight excluding hydrogens is 838 g/mol. The number of fused-ring (bicyclic) bond motifs is 2. The quantitative estimate of drug-likeness (QED) is 0.0275. The van der Waals surface area contributed by atoms with Crippen LogP contribution >= 0.6 is 39.2 Å². The summed E-state index contributed by atoms with van der Waals surface area (Å²) >= 11 is 3.70. The number of nitrogens with one attached hydrogen (secondary N) is 6. The second-order valence-electron chi connectivity index (χ2n) is 15.3. The third-order valence-corrected chi connectivity index (χ3v) is 15.7. The predicted octanol–water partition coefficient (Wildman–Crippen LogP) is 3.13. The number of phosphoric ester groups is 2. The van der Waals surface area contributed by atoms with E-state index in [2.05, 4.69) is 36.4 Å². The number of phosphoric acid groups is 2. The molecule has 4 rings (SSSR count). The molecule has 0 aromatic carbocycles. The highest BCUT2D eigenvalue weighted by molar-refractivity contribution is 8.00. The molecule has 0 radical (unpaired) electrons. The summed E-state index contributed by atoms with van der Waals surface area (Å²) in [6.45, 7) is -0.218. The zero-order chi connectivity index (χ0) is 42.0. The van der Waals surface area contributed by atoms with Crippen LogP contribution in [0.25, 0.3) is 0 Å². The number of hydrogen-bond donors (Lipinski definition) is 9. The second-order valence-corrected chi connectivity index (χ2v) is 20.9. The molecule has 4 fully saturated rings. The number of aliphatic hydroxyl groups excluding tert-OH is 1. The van der Waals surface area contributed by atoms with E-state index in [1.54, 1.807) is 0 Å². The van der Waals surface area contributed by atoms with Crippen molar-refractivity contribution in [2.24, 2.45) is 11.8 Å². The van der Waals surface area contributed by atoms with Gasteiger partial charge in [-0.2, -0.15) is 23.5 Å². The first-order chi connectivity index (χ1) is 27.8. The van der Waals surface area contributed by atoms with Gasteiger partial charge in [0.05, 0.1) is 44.0 Å². The van der Waals surface area contributed by atoms with Gasteiger partial charge in [0.2, 0.25) is 11.8 Å². The van der Waals surface area contributed by atoms with Crippen LogP contribution in [0.3, 0.4) is 0 Å². The minimum Gasteiger partial charge on any atom is -0.396 e. The minimum absolute atomic E-state index is 0.0251. The molecule has 0 aromatic heterocycles. The maximum atomic E-state index is 12.7. The predicted molar refractivity (Wildman–Crippen MR) is 220 cm³/mol. The molecule has 10 unspecified atom stereocenters. The van der Waals surface area contributed by atoms with Gasteiger partial charge in [-0.15, -0.1) is 0 Å². The van der Waals surface area contributed by atoms with Gasteiger partial charge in [-0.3, -0.25) is 27.7 Å². The van der Waals surface area contributed by atoms with Crippen LogP contribution in [0, 0.1) is 11.8 Å². The van der Waals surface area contributed by atoms with E-state index in [0.717, 1.165) is 57.1 Å². The monoisotopic (exact) mass is 902 g/mol. The summed E-state index contributed by atoms with van der Waals surface area (Å²) in [6, 6.07) is 0.469. The van der Waals surface area contributed by atoms with Crippen molar-refractivity contribution in [3.8, 4) is 0 Å². The van der Waals surface area contributed by atoms with Crippen molar-refractivity contribution >= 4 is 63.0 Å². The van der Waals surface area contributed by atoms with Crippen molar-refractivity contribution in [1.82, 2.24) is 31.9 Å². The fraction of sp³-hybridized carbons (Fsp3) is 0.886. The molecule has 19 nitrogen and oxygen atoms in total. The van der Waals surface area contributed by atoms with Gasteiger partial charge in [-0.1, -0.05) is 25.7 Å². The van der Waals surface area contributed by atoms with Crippen molar-refractivity contribution < 1.29 is 61.3 Å². The summed E-state index contributed by atoms with van der Waals surface area (Å²) in [5.74, 6) is 0.723. The molecule has 4 aliphatic heterocycles. The summed E-state index contributed by atoms with van der Waals surface area (Å²) in [6.07, 6.45) is 9.34. The Hall–Kier alpha value is -1.64. The van der Waals surface area contributed by atoms with Crippen LogP contribution in [0.15, 0.2) is 0 Å². The van der Waals surface area contributed by atoms with E-state index < -0.39 is 27.5 Å². The molecule has 6 amide bonds. The highest BCUT2D eigenvalue weighted by Crippen LogP contribution is 2.46. The Balaban J connectivity index is 1.03. The van der Waals surface area contributed by atoms with E-state index in [-0.39, 0.29) is 74.5 Å². The molecular formula is C35H64N6O13P2S2. The van der Waals surface area contributed by atoms with Gasteiger partial charge in [0, 0.05) is 73.5 Å². The SMILES string of the molecule is COP(=O)(O)OCC(CCCCNC(=O)CCCCC1SCC2NC(=O)NC21)COP(=O)(O)OCC(CO)CCCCNC(=O)CCCCC1SCC2NC(=O)NC21. The minimum atomic E-state index is -4.55. The molecule has 0 spiro atoms. The van der Waals surface area contributed by atoms with Crippen molar-refractivity contribution in [1.29, 1.82) is 0 Å². The first-order valence-electron chi connectivity index (χ1n) is 20.4. The van der Waals surface area contributed by atoms with E-state index in [4.69, 9.17) is 13.6 Å². The highest BCUT2D eigenvalue weighted by Gasteiger charge is 2.43. The van der Waals surface area contributed by atoms with Crippen LogP contribution in [-0.2, 0) is 36.8 Å². The molecule has 0 bridgehead atoms. The topological polar surface area (TPSA) is 272 Å². The lowest BCUT2D eigenvalue weighted by molar-refractivity contribution is -0.122. The molecule has 0 saturated carbocycles. The lowest BCUT2D eigenvalue weighted by Gasteiger charge is -2.21. The third kappa shape index (κ3) is 17.8. The normalized spacial score (nSPS) is 26.6. The molecule has 10 atom stereocenters.